The van der Waals surface area contributed by atoms with Crippen molar-refractivity contribution in [3.8, 4) is 0 Å². The molecular weight excluding hydrogens is 961 g/mol. The van der Waals surface area contributed by atoms with E-state index in [0.717, 1.165) is 109 Å². The number of rotatable bonds is 32. The second-order valence-electron chi connectivity index (χ2n) is 20.4. The third kappa shape index (κ3) is 21.8. The zero-order valence-corrected chi connectivity index (χ0v) is 48.4. The highest BCUT2D eigenvalue weighted by atomic mass is 14.3. The minimum Gasteiger partial charge on any atom is -0.103 e. The van der Waals surface area contributed by atoms with Crippen LogP contribution < -0.4 is 0 Å². The first-order valence-electron chi connectivity index (χ1n) is 28.4. The van der Waals surface area contributed by atoms with Crippen LogP contribution in [0.2, 0.25) is 0 Å². The molecule has 0 saturated carbocycles. The molecule has 5 rings (SSSR count). The molecule has 0 radical (unpaired) electrons. The van der Waals surface area contributed by atoms with Gasteiger partial charge in [-0.3, -0.25) is 0 Å². The van der Waals surface area contributed by atoms with Crippen molar-refractivity contribution in [2.45, 2.75) is 71.1 Å². The highest BCUT2D eigenvalue weighted by Crippen LogP contribution is 2.36. The molecule has 5 unspecified atom stereocenters. The van der Waals surface area contributed by atoms with Gasteiger partial charge in [0.15, 0.2) is 0 Å². The summed E-state index contributed by atoms with van der Waals surface area (Å²) in [7, 11) is 0. The van der Waals surface area contributed by atoms with E-state index in [1.54, 1.807) is 6.08 Å². The van der Waals surface area contributed by atoms with Crippen LogP contribution in [0, 0.1) is 29.6 Å². The Bertz CT molecular complexity index is 2990. The van der Waals surface area contributed by atoms with E-state index in [2.05, 4.69) is 274 Å². The van der Waals surface area contributed by atoms with Gasteiger partial charge in [-0.25, -0.2) is 0 Å². The van der Waals surface area contributed by atoms with Crippen molar-refractivity contribution < 1.29 is 0 Å². The lowest BCUT2D eigenvalue weighted by Gasteiger charge is -2.26. The molecule has 0 aromatic heterocycles. The summed E-state index contributed by atoms with van der Waals surface area (Å²) >= 11 is 0. The van der Waals surface area contributed by atoms with Gasteiger partial charge < -0.3 is 0 Å². The molecule has 3 aromatic rings. The maximum atomic E-state index is 4.71. The summed E-state index contributed by atoms with van der Waals surface area (Å²) in [6, 6.07) is 27.3. The SMILES string of the molecule is C=C/C=C(\C=C)C(C(=C)/C=C1/CCC=CC1=C)/C(C=C)=C/C=C/C(C/C=C(\C=C/C)CCC=C)C(=C)/C=C\C(=C)C(=C)CCC(=C)C(/C=C1\C=CC=CC1CC=C)C(C=C)C/C=C/Cc1ccccc1.c1ccc2ccccc2c1. The quantitative estimate of drug-likeness (QED) is 0.0432. The number of allylic oxidation sites excluding steroid dienone is 36. The Kier molecular flexibility index (Phi) is 29.5. The molecule has 0 amide bonds. The van der Waals surface area contributed by atoms with E-state index in [0.29, 0.717) is 0 Å². The van der Waals surface area contributed by atoms with E-state index in [-0.39, 0.29) is 29.6 Å². The van der Waals surface area contributed by atoms with Gasteiger partial charge in [0.2, 0.25) is 0 Å². The number of hydrogen-bond acceptors (Lipinski definition) is 0. The molecule has 0 nitrogen and oxygen atoms in total. The van der Waals surface area contributed by atoms with Crippen molar-refractivity contribution >= 4 is 10.8 Å². The van der Waals surface area contributed by atoms with Gasteiger partial charge in [-0.2, -0.15) is 0 Å². The van der Waals surface area contributed by atoms with Gasteiger partial charge in [0, 0.05) is 23.7 Å². The number of hydrogen-bond donors (Lipinski definition) is 0. The zero-order chi connectivity index (χ0) is 57.9. The van der Waals surface area contributed by atoms with E-state index in [4.69, 9.17) is 6.58 Å². The summed E-state index contributed by atoms with van der Waals surface area (Å²) in [5, 5.41) is 2.62. The fourth-order valence-electron chi connectivity index (χ4n) is 9.82. The fourth-order valence-corrected chi connectivity index (χ4v) is 9.82. The summed E-state index contributed by atoms with van der Waals surface area (Å²) in [6.45, 7) is 53.9. The summed E-state index contributed by atoms with van der Waals surface area (Å²) < 4.78 is 0. The average molecular weight is 1050 g/mol. The van der Waals surface area contributed by atoms with Crippen LogP contribution in [0.1, 0.15) is 70.3 Å². The van der Waals surface area contributed by atoms with Crippen molar-refractivity contribution in [1.29, 1.82) is 0 Å². The molecule has 0 aliphatic heterocycles. The van der Waals surface area contributed by atoms with Crippen LogP contribution >= 0.6 is 0 Å². The van der Waals surface area contributed by atoms with Gasteiger partial charge in [-0.1, -0.05) is 301 Å². The van der Waals surface area contributed by atoms with Gasteiger partial charge in [0.1, 0.15) is 0 Å². The molecule has 0 fully saturated rings. The third-order valence-electron chi connectivity index (χ3n) is 14.6. The second kappa shape index (κ2) is 36.7. The van der Waals surface area contributed by atoms with E-state index in [1.165, 1.54) is 33.1 Å². The van der Waals surface area contributed by atoms with E-state index < -0.39 is 0 Å². The first kappa shape index (κ1) is 64.2. The fraction of sp³-hybridized carbons (Fsp3) is 0.200. The predicted molar refractivity (Wildman–Crippen MR) is 359 cm³/mol. The summed E-state index contributed by atoms with van der Waals surface area (Å²) in [4.78, 5) is 0. The first-order valence-corrected chi connectivity index (χ1v) is 28.4. The molecule has 0 saturated heterocycles. The number of fused-ring (bicyclic) bond motifs is 1. The largest absolute Gasteiger partial charge is 0.103 e. The Hall–Kier alpha value is -8.32. The molecule has 0 N–H and O–H groups in total. The lowest BCUT2D eigenvalue weighted by Crippen LogP contribution is -2.15. The topological polar surface area (TPSA) is 0 Å². The normalized spacial score (nSPS) is 17.3. The molecule has 0 bridgehead atoms. The maximum Gasteiger partial charge on any atom is 0.0333 e. The standard InChI is InChI=1S/C70H82.C10H8/c1-14-21-36-60(32-15-2)50-51-65(45-31-44-64(20-7)70(63(19-6)33-16-3)59(13)52-67-42-27-25-35-56(67)10)57(11)48-46-54(8)55(9)47-49-58(12)69(53-68-43-30-29-41-66(68)34-17-4)62(18-5)40-28-26-39-61-37-23-22-24-38-61;1-2-6-10-8-4-3-7-9(10)5-1/h14-20,22-26,28-33,35,37-38,41,43-46,48,50,52-53,62,65-66,69-70H,1,3-13,21,27,34,36,39-40,42,47,49,51H2,2H3;1-8H/b28-26+,32-15-,45-31+,48-46-,60-50+,63-33+,64-44+,67-52-,68-53+;. The van der Waals surface area contributed by atoms with Crippen molar-refractivity contribution in [3.63, 3.8) is 0 Å². The van der Waals surface area contributed by atoms with E-state index in [9.17, 15) is 0 Å². The van der Waals surface area contributed by atoms with Crippen molar-refractivity contribution in [2.24, 2.45) is 29.6 Å². The molecule has 0 spiro atoms. The van der Waals surface area contributed by atoms with Gasteiger partial charge in [-0.15, -0.1) is 19.7 Å². The molecular formula is C80H90. The highest BCUT2D eigenvalue weighted by molar-refractivity contribution is 5.82. The first-order chi connectivity index (χ1) is 38.9. The van der Waals surface area contributed by atoms with Crippen LogP contribution in [0.3, 0.4) is 0 Å². The Morgan fingerprint density at radius 2 is 1.39 bits per heavy atom. The monoisotopic (exact) mass is 1050 g/mol. The number of benzene rings is 3. The van der Waals surface area contributed by atoms with Crippen LogP contribution in [0.15, 0.2) is 371 Å². The summed E-state index contributed by atoms with van der Waals surface area (Å²) in [5.74, 6) is 0.418. The molecule has 2 aliphatic carbocycles. The molecule has 5 atom stereocenters. The Morgan fingerprint density at radius 1 is 0.700 bits per heavy atom. The van der Waals surface area contributed by atoms with E-state index in [1.807, 2.05) is 30.4 Å². The Morgan fingerprint density at radius 3 is 2.01 bits per heavy atom. The summed E-state index contributed by atoms with van der Waals surface area (Å²) in [5.41, 5.74) is 13.0. The van der Waals surface area contributed by atoms with Crippen LogP contribution in [0.4, 0.5) is 0 Å². The van der Waals surface area contributed by atoms with Crippen molar-refractivity contribution in [2.75, 3.05) is 0 Å². The average Bonchev–Trinajstić information content (AvgIpc) is 3.48. The molecule has 3 aromatic carbocycles. The predicted octanol–water partition coefficient (Wildman–Crippen LogP) is 22.7. The van der Waals surface area contributed by atoms with Crippen molar-refractivity contribution in [3.05, 3.63) is 377 Å². The molecule has 0 heterocycles. The Labute approximate surface area is 485 Å². The zero-order valence-electron chi connectivity index (χ0n) is 48.4. The lowest BCUT2D eigenvalue weighted by atomic mass is 9.78. The van der Waals surface area contributed by atoms with Gasteiger partial charge in [0.25, 0.3) is 0 Å². The van der Waals surface area contributed by atoms with Crippen LogP contribution in [0.5, 0.6) is 0 Å². The molecule has 80 heavy (non-hydrogen) atoms. The Balaban J connectivity index is 0.00000122. The molecule has 410 valence electrons. The molecule has 0 heteroatoms. The lowest BCUT2D eigenvalue weighted by molar-refractivity contribution is 0.521. The minimum atomic E-state index is -0.164. The molecule has 2 aliphatic rings. The van der Waals surface area contributed by atoms with Crippen molar-refractivity contribution in [1.82, 2.24) is 0 Å². The van der Waals surface area contributed by atoms with Crippen LogP contribution in [-0.4, -0.2) is 0 Å². The van der Waals surface area contributed by atoms with Gasteiger partial charge >= 0.3 is 0 Å². The second-order valence-corrected chi connectivity index (χ2v) is 20.4. The third-order valence-corrected chi connectivity index (χ3v) is 14.6. The van der Waals surface area contributed by atoms with Gasteiger partial charge in [0.05, 0.1) is 0 Å². The smallest absolute Gasteiger partial charge is 0.0333 e. The highest BCUT2D eigenvalue weighted by Gasteiger charge is 2.23. The summed E-state index contributed by atoms with van der Waals surface area (Å²) in [6.07, 6.45) is 61.8. The van der Waals surface area contributed by atoms with Crippen LogP contribution in [0.25, 0.3) is 10.8 Å². The van der Waals surface area contributed by atoms with Gasteiger partial charge in [-0.05, 0) is 144 Å². The van der Waals surface area contributed by atoms with Crippen LogP contribution in [-0.2, 0) is 6.42 Å². The minimum absolute atomic E-state index is 0.00655. The van der Waals surface area contributed by atoms with E-state index >= 15 is 0 Å². The maximum absolute atomic E-state index is 4.71.